The molecule has 0 aliphatic heterocycles. The fourth-order valence-corrected chi connectivity index (χ4v) is 1.65. The van der Waals surface area contributed by atoms with Crippen LogP contribution in [0.2, 0.25) is 5.02 Å². The molecule has 0 aromatic heterocycles. The van der Waals surface area contributed by atoms with Crippen LogP contribution < -0.4 is 10.1 Å². The number of methoxy groups -OCH3 is 1. The quantitative estimate of drug-likeness (QED) is 0.881. The minimum absolute atomic E-state index is 0.0191. The van der Waals surface area contributed by atoms with Gasteiger partial charge in [0.15, 0.2) is 0 Å². The van der Waals surface area contributed by atoms with Crippen LogP contribution >= 0.6 is 11.6 Å². The molecule has 0 saturated heterocycles. The van der Waals surface area contributed by atoms with Crippen molar-refractivity contribution in [2.75, 3.05) is 27.7 Å². The first-order valence-corrected chi connectivity index (χ1v) is 6.11. The number of ether oxygens (including phenoxy) is 1. The van der Waals surface area contributed by atoms with Crippen molar-refractivity contribution in [1.82, 2.24) is 10.2 Å². The Morgan fingerprint density at radius 3 is 2.63 bits per heavy atom. The molecule has 0 aliphatic carbocycles. The van der Waals surface area contributed by atoms with Gasteiger partial charge in [-0.05, 0) is 18.2 Å². The first-order valence-electron chi connectivity index (χ1n) is 5.73. The molecule has 0 bridgehead atoms. The number of carbonyl (C=O) groups is 2. The Morgan fingerprint density at radius 1 is 1.37 bits per heavy atom. The van der Waals surface area contributed by atoms with Gasteiger partial charge in [0.05, 0.1) is 20.1 Å². The molecular formula is C13H17ClN2O3. The standard InChI is InChI=1S/C13H17ClN2O3/c1-16(2)13(18)8-15-12(17)7-9-6-10(14)4-5-11(9)19-3/h4-6H,7-8H2,1-3H3,(H,15,17). The fraction of sp³-hybridized carbons (Fsp3) is 0.385. The van der Waals surface area contributed by atoms with Crippen LogP contribution in [-0.4, -0.2) is 44.5 Å². The number of benzene rings is 1. The van der Waals surface area contributed by atoms with Crippen LogP contribution in [0.15, 0.2) is 18.2 Å². The number of rotatable bonds is 5. The van der Waals surface area contributed by atoms with Gasteiger partial charge in [0, 0.05) is 24.7 Å². The lowest BCUT2D eigenvalue weighted by molar-refractivity contribution is -0.130. The maximum Gasteiger partial charge on any atom is 0.241 e. The van der Waals surface area contributed by atoms with Crippen LogP contribution in [0.1, 0.15) is 5.56 Å². The van der Waals surface area contributed by atoms with Gasteiger partial charge in [0.1, 0.15) is 5.75 Å². The van der Waals surface area contributed by atoms with Crippen molar-refractivity contribution in [1.29, 1.82) is 0 Å². The lowest BCUT2D eigenvalue weighted by Gasteiger charge is -2.12. The van der Waals surface area contributed by atoms with Crippen LogP contribution in [0.5, 0.6) is 5.75 Å². The molecule has 0 heterocycles. The summed E-state index contributed by atoms with van der Waals surface area (Å²) in [5.74, 6) is 0.181. The SMILES string of the molecule is COc1ccc(Cl)cc1CC(=O)NCC(=O)N(C)C. The van der Waals surface area contributed by atoms with Crippen molar-refractivity contribution in [3.63, 3.8) is 0 Å². The summed E-state index contributed by atoms with van der Waals surface area (Å²) in [7, 11) is 4.79. The maximum absolute atomic E-state index is 11.7. The summed E-state index contributed by atoms with van der Waals surface area (Å²) in [5, 5.41) is 3.09. The number of halogens is 1. The molecule has 1 aromatic rings. The highest BCUT2D eigenvalue weighted by Crippen LogP contribution is 2.22. The summed E-state index contributed by atoms with van der Waals surface area (Å²) < 4.78 is 5.15. The summed E-state index contributed by atoms with van der Waals surface area (Å²) in [6.07, 6.45) is 0.116. The Bertz CT molecular complexity index is 475. The molecule has 0 unspecified atom stereocenters. The topological polar surface area (TPSA) is 58.6 Å². The number of likely N-dealkylation sites (N-methyl/N-ethyl adjacent to an activating group) is 1. The third-order valence-corrected chi connectivity index (χ3v) is 2.76. The molecule has 1 aromatic carbocycles. The molecule has 2 amide bonds. The van der Waals surface area contributed by atoms with E-state index in [0.29, 0.717) is 16.3 Å². The lowest BCUT2D eigenvalue weighted by atomic mass is 10.1. The molecule has 0 fully saturated rings. The molecule has 1 N–H and O–H groups in total. The maximum atomic E-state index is 11.7. The van der Waals surface area contributed by atoms with Gasteiger partial charge in [-0.3, -0.25) is 9.59 Å². The van der Waals surface area contributed by atoms with Crippen molar-refractivity contribution in [2.45, 2.75) is 6.42 Å². The summed E-state index contributed by atoms with van der Waals surface area (Å²) in [6, 6.07) is 5.07. The van der Waals surface area contributed by atoms with E-state index in [1.54, 1.807) is 32.3 Å². The van der Waals surface area contributed by atoms with Crippen LogP contribution in [-0.2, 0) is 16.0 Å². The largest absolute Gasteiger partial charge is 0.496 e. The zero-order chi connectivity index (χ0) is 14.4. The molecular weight excluding hydrogens is 268 g/mol. The summed E-state index contributed by atoms with van der Waals surface area (Å²) in [4.78, 5) is 24.5. The first-order chi connectivity index (χ1) is 8.93. The molecule has 1 rings (SSSR count). The third kappa shape index (κ3) is 4.79. The zero-order valence-electron chi connectivity index (χ0n) is 11.2. The smallest absolute Gasteiger partial charge is 0.241 e. The van der Waals surface area contributed by atoms with Crippen LogP contribution in [0.25, 0.3) is 0 Å². The molecule has 0 spiro atoms. The Morgan fingerprint density at radius 2 is 2.05 bits per heavy atom. The van der Waals surface area contributed by atoms with Crippen molar-refractivity contribution in [3.8, 4) is 5.75 Å². The van der Waals surface area contributed by atoms with Gasteiger partial charge in [-0.25, -0.2) is 0 Å². The zero-order valence-corrected chi connectivity index (χ0v) is 12.0. The second kappa shape index (κ2) is 6.99. The predicted molar refractivity (Wildman–Crippen MR) is 73.4 cm³/mol. The van der Waals surface area contributed by atoms with Crippen LogP contribution in [0, 0.1) is 0 Å². The highest BCUT2D eigenvalue weighted by Gasteiger charge is 2.11. The molecule has 5 nitrogen and oxygen atoms in total. The van der Waals surface area contributed by atoms with E-state index in [1.807, 2.05) is 0 Å². The molecule has 6 heteroatoms. The number of nitrogens with zero attached hydrogens (tertiary/aromatic N) is 1. The predicted octanol–water partition coefficient (Wildman–Crippen LogP) is 1.10. The lowest BCUT2D eigenvalue weighted by Crippen LogP contribution is -2.36. The van der Waals surface area contributed by atoms with E-state index in [1.165, 1.54) is 12.0 Å². The molecule has 0 saturated carbocycles. The van der Waals surface area contributed by atoms with E-state index < -0.39 is 0 Å². The number of carbonyl (C=O) groups excluding carboxylic acids is 2. The second-order valence-electron chi connectivity index (χ2n) is 4.20. The number of hydrogen-bond acceptors (Lipinski definition) is 3. The molecule has 0 radical (unpaired) electrons. The third-order valence-electron chi connectivity index (χ3n) is 2.53. The second-order valence-corrected chi connectivity index (χ2v) is 4.63. The minimum Gasteiger partial charge on any atom is -0.496 e. The highest BCUT2D eigenvalue weighted by atomic mass is 35.5. The van der Waals surface area contributed by atoms with Gasteiger partial charge in [0.2, 0.25) is 11.8 Å². The van der Waals surface area contributed by atoms with Crippen molar-refractivity contribution < 1.29 is 14.3 Å². The van der Waals surface area contributed by atoms with E-state index in [-0.39, 0.29) is 24.8 Å². The van der Waals surface area contributed by atoms with Gasteiger partial charge in [-0.2, -0.15) is 0 Å². The van der Waals surface area contributed by atoms with Gasteiger partial charge in [0.25, 0.3) is 0 Å². The summed E-state index contributed by atoms with van der Waals surface area (Å²) in [6.45, 7) is -0.0191. The van der Waals surface area contributed by atoms with Gasteiger partial charge in [-0.1, -0.05) is 11.6 Å². The van der Waals surface area contributed by atoms with Gasteiger partial charge < -0.3 is 15.0 Å². The number of amides is 2. The van der Waals surface area contributed by atoms with Gasteiger partial charge in [-0.15, -0.1) is 0 Å². The minimum atomic E-state index is -0.254. The average Bonchev–Trinajstić information content (AvgIpc) is 2.36. The Labute approximate surface area is 117 Å². The highest BCUT2D eigenvalue weighted by molar-refractivity contribution is 6.30. The average molecular weight is 285 g/mol. The fourth-order valence-electron chi connectivity index (χ4n) is 1.45. The number of nitrogens with one attached hydrogen (secondary N) is 1. The van der Waals surface area contributed by atoms with Crippen molar-refractivity contribution in [3.05, 3.63) is 28.8 Å². The van der Waals surface area contributed by atoms with E-state index in [0.717, 1.165) is 0 Å². The van der Waals surface area contributed by atoms with E-state index in [2.05, 4.69) is 5.32 Å². The van der Waals surface area contributed by atoms with E-state index in [4.69, 9.17) is 16.3 Å². The molecule has 0 aliphatic rings. The molecule has 0 atom stereocenters. The first kappa shape index (κ1) is 15.3. The Kier molecular flexibility index (Phi) is 5.63. The van der Waals surface area contributed by atoms with Crippen LogP contribution in [0.3, 0.4) is 0 Å². The summed E-state index contributed by atoms with van der Waals surface area (Å²) in [5.41, 5.74) is 0.685. The normalized spacial score (nSPS) is 9.89. The van der Waals surface area contributed by atoms with Gasteiger partial charge >= 0.3 is 0 Å². The molecule has 19 heavy (non-hydrogen) atoms. The Balaban J connectivity index is 2.62. The van der Waals surface area contributed by atoms with E-state index in [9.17, 15) is 9.59 Å². The summed E-state index contributed by atoms with van der Waals surface area (Å²) >= 11 is 5.88. The van der Waals surface area contributed by atoms with E-state index >= 15 is 0 Å². The monoisotopic (exact) mass is 284 g/mol. The van der Waals surface area contributed by atoms with Crippen molar-refractivity contribution >= 4 is 23.4 Å². The molecule has 104 valence electrons. The number of hydrogen-bond donors (Lipinski definition) is 1. The van der Waals surface area contributed by atoms with Crippen LogP contribution in [0.4, 0.5) is 0 Å². The van der Waals surface area contributed by atoms with Crippen molar-refractivity contribution in [2.24, 2.45) is 0 Å². The Hall–Kier alpha value is -1.75.